The number of nitrogens with one attached hydrogen (secondary N) is 1. The van der Waals surface area contributed by atoms with Crippen LogP contribution in [0.1, 0.15) is 23.7 Å². The summed E-state index contributed by atoms with van der Waals surface area (Å²) in [4.78, 5) is 0. The Hall–Kier alpha value is -1.63. The molecule has 6 heteroatoms. The molecule has 0 bridgehead atoms. The number of nitrogens with zero attached hydrogens (tertiary/aromatic N) is 2. The van der Waals surface area contributed by atoms with Crippen molar-refractivity contribution in [1.82, 2.24) is 15.1 Å². The normalized spacial score (nSPS) is 13.8. The van der Waals surface area contributed by atoms with Crippen molar-refractivity contribution < 1.29 is 9.84 Å². The van der Waals surface area contributed by atoms with Gasteiger partial charge in [0, 0.05) is 20.1 Å². The Labute approximate surface area is 135 Å². The summed E-state index contributed by atoms with van der Waals surface area (Å²) in [6, 6.07) is 1.94. The van der Waals surface area contributed by atoms with Crippen LogP contribution in [0, 0.1) is 6.92 Å². The molecule has 1 unspecified atom stereocenters. The molecule has 2 rings (SSSR count). The maximum absolute atomic E-state index is 10.5. The maximum atomic E-state index is 10.5. The number of aromatic nitrogens is 2. The van der Waals surface area contributed by atoms with Crippen LogP contribution >= 0.6 is 11.3 Å². The Kier molecular flexibility index (Phi) is 5.39. The molecule has 0 saturated heterocycles. The third-order valence-electron chi connectivity index (χ3n) is 3.54. The molecule has 0 aromatic carbocycles. The van der Waals surface area contributed by atoms with Crippen LogP contribution in [0.2, 0.25) is 0 Å². The molecule has 0 aliphatic rings. The van der Waals surface area contributed by atoms with Crippen LogP contribution in [-0.4, -0.2) is 28.0 Å². The molecule has 0 amide bonds. The zero-order chi connectivity index (χ0) is 16.2. The fourth-order valence-corrected chi connectivity index (χ4v) is 3.09. The first-order valence-corrected chi connectivity index (χ1v) is 8.12. The molecule has 2 N–H and O–H groups in total. The third kappa shape index (κ3) is 3.76. The highest BCUT2D eigenvalue weighted by molar-refractivity contribution is 7.08. The van der Waals surface area contributed by atoms with Gasteiger partial charge in [-0.3, -0.25) is 0 Å². The van der Waals surface area contributed by atoms with E-state index in [0.717, 1.165) is 22.7 Å². The van der Waals surface area contributed by atoms with Crippen LogP contribution in [0.4, 0.5) is 0 Å². The summed E-state index contributed by atoms with van der Waals surface area (Å²) >= 11 is 1.58. The highest BCUT2D eigenvalue weighted by atomic mass is 32.1. The lowest BCUT2D eigenvalue weighted by Crippen LogP contribution is -2.34. The van der Waals surface area contributed by atoms with Crippen LogP contribution in [-0.2, 0) is 19.2 Å². The Morgan fingerprint density at radius 3 is 3.00 bits per heavy atom. The van der Waals surface area contributed by atoms with Crippen molar-refractivity contribution in [2.75, 3.05) is 13.2 Å². The minimum Gasteiger partial charge on any atom is -0.473 e. The number of rotatable bonds is 8. The highest BCUT2D eigenvalue weighted by Gasteiger charge is 2.23. The van der Waals surface area contributed by atoms with Crippen molar-refractivity contribution in [2.24, 2.45) is 7.05 Å². The van der Waals surface area contributed by atoms with Gasteiger partial charge < -0.3 is 15.2 Å². The van der Waals surface area contributed by atoms with E-state index < -0.39 is 5.60 Å². The predicted molar refractivity (Wildman–Crippen MR) is 89.2 cm³/mol. The number of aryl methyl sites for hydroxylation is 2. The maximum Gasteiger partial charge on any atom is 0.216 e. The van der Waals surface area contributed by atoms with Gasteiger partial charge in [-0.25, -0.2) is 4.68 Å². The average Bonchev–Trinajstić information content (AvgIpc) is 3.07. The van der Waals surface area contributed by atoms with E-state index in [-0.39, 0.29) is 0 Å². The zero-order valence-corrected chi connectivity index (χ0v) is 14.1. The van der Waals surface area contributed by atoms with E-state index in [9.17, 15) is 5.11 Å². The van der Waals surface area contributed by atoms with E-state index in [2.05, 4.69) is 17.0 Å². The van der Waals surface area contributed by atoms with Gasteiger partial charge in [0.2, 0.25) is 5.88 Å². The molecular weight excluding hydrogens is 298 g/mol. The van der Waals surface area contributed by atoms with Gasteiger partial charge in [0.25, 0.3) is 0 Å². The molecule has 5 nitrogen and oxygen atoms in total. The van der Waals surface area contributed by atoms with Crippen LogP contribution < -0.4 is 10.1 Å². The Morgan fingerprint density at radius 2 is 2.36 bits per heavy atom. The number of thiophene rings is 1. The average molecular weight is 321 g/mol. The molecule has 0 radical (unpaired) electrons. The van der Waals surface area contributed by atoms with E-state index in [4.69, 9.17) is 4.74 Å². The predicted octanol–water partition coefficient (Wildman–Crippen LogP) is 2.35. The lowest BCUT2D eigenvalue weighted by Gasteiger charge is -2.23. The number of aliphatic hydroxyl groups is 1. The summed E-state index contributed by atoms with van der Waals surface area (Å²) < 4.78 is 7.40. The zero-order valence-electron chi connectivity index (χ0n) is 13.3. The molecule has 120 valence electrons. The molecule has 2 aromatic rings. The summed E-state index contributed by atoms with van der Waals surface area (Å²) in [6.07, 6.45) is 1.71. The van der Waals surface area contributed by atoms with Gasteiger partial charge in [-0.05, 0) is 36.2 Å². The van der Waals surface area contributed by atoms with Gasteiger partial charge in [0.05, 0.1) is 16.9 Å². The minimum absolute atomic E-state index is 0.443. The second-order valence-electron chi connectivity index (χ2n) is 5.48. The first-order chi connectivity index (χ1) is 10.5. The van der Waals surface area contributed by atoms with Gasteiger partial charge in [-0.15, -0.1) is 0 Å². The summed E-state index contributed by atoms with van der Waals surface area (Å²) in [5.41, 5.74) is 1.96. The molecule has 0 spiro atoms. The number of ether oxygens (including phenoxy) is 1. The van der Waals surface area contributed by atoms with Crippen LogP contribution in [0.3, 0.4) is 0 Å². The number of hydrogen-bond acceptors (Lipinski definition) is 5. The fourth-order valence-electron chi connectivity index (χ4n) is 2.31. The summed E-state index contributed by atoms with van der Waals surface area (Å²) in [5.74, 6) is 0.736. The van der Waals surface area contributed by atoms with Crippen LogP contribution in [0.15, 0.2) is 29.5 Å². The Bertz CT molecular complexity index is 618. The summed E-state index contributed by atoms with van der Waals surface area (Å²) in [5, 5.41) is 22.1. The van der Waals surface area contributed by atoms with Crippen molar-refractivity contribution in [1.29, 1.82) is 0 Å². The fraction of sp³-hybridized carbons (Fsp3) is 0.438. The second kappa shape index (κ2) is 7.09. The third-order valence-corrected chi connectivity index (χ3v) is 4.22. The van der Waals surface area contributed by atoms with Crippen molar-refractivity contribution in [2.45, 2.75) is 26.0 Å². The molecule has 1 atom stereocenters. The summed E-state index contributed by atoms with van der Waals surface area (Å²) in [6.45, 7) is 8.92. The van der Waals surface area contributed by atoms with Crippen LogP contribution in [0.5, 0.6) is 5.88 Å². The molecule has 2 heterocycles. The van der Waals surface area contributed by atoms with Gasteiger partial charge in [0.15, 0.2) is 0 Å². The largest absolute Gasteiger partial charge is 0.473 e. The molecule has 2 aromatic heterocycles. The van der Waals surface area contributed by atoms with E-state index in [1.807, 2.05) is 37.7 Å². The van der Waals surface area contributed by atoms with E-state index in [0.29, 0.717) is 19.7 Å². The van der Waals surface area contributed by atoms with Crippen LogP contribution in [0.25, 0.3) is 0 Å². The molecular formula is C16H23N3O2S. The molecule has 22 heavy (non-hydrogen) atoms. The van der Waals surface area contributed by atoms with Crippen molar-refractivity contribution in [3.05, 3.63) is 46.3 Å². The lowest BCUT2D eigenvalue weighted by molar-refractivity contribution is 0.0570. The monoisotopic (exact) mass is 321 g/mol. The Balaban J connectivity index is 2.01. The minimum atomic E-state index is -0.891. The standard InChI is InChI=1S/C16H23N3O2S/c1-5-7-21-15-14(12(2)18-19(15)4)9-17-11-16(3,20)13-6-8-22-10-13/h5-6,8,10,17,20H,1,7,9,11H2,2-4H3. The second-order valence-corrected chi connectivity index (χ2v) is 6.26. The molecule has 0 fully saturated rings. The summed E-state index contributed by atoms with van der Waals surface area (Å²) in [7, 11) is 1.86. The van der Waals surface area contributed by atoms with E-state index >= 15 is 0 Å². The van der Waals surface area contributed by atoms with Gasteiger partial charge in [-0.2, -0.15) is 16.4 Å². The lowest BCUT2D eigenvalue weighted by atomic mass is 9.99. The topological polar surface area (TPSA) is 59.3 Å². The van der Waals surface area contributed by atoms with E-state index in [1.54, 1.807) is 22.1 Å². The quantitative estimate of drug-likeness (QED) is 0.733. The first-order valence-electron chi connectivity index (χ1n) is 7.17. The first kappa shape index (κ1) is 16.7. The Morgan fingerprint density at radius 1 is 1.59 bits per heavy atom. The molecule has 0 aliphatic carbocycles. The molecule has 0 saturated carbocycles. The van der Waals surface area contributed by atoms with Gasteiger partial charge >= 0.3 is 0 Å². The highest BCUT2D eigenvalue weighted by Crippen LogP contribution is 2.24. The van der Waals surface area contributed by atoms with E-state index in [1.165, 1.54) is 0 Å². The van der Waals surface area contributed by atoms with Gasteiger partial charge in [0.1, 0.15) is 6.61 Å². The van der Waals surface area contributed by atoms with Crippen molar-refractivity contribution in [3.63, 3.8) is 0 Å². The van der Waals surface area contributed by atoms with Gasteiger partial charge in [-0.1, -0.05) is 12.7 Å². The smallest absolute Gasteiger partial charge is 0.216 e. The van der Waals surface area contributed by atoms with Crippen molar-refractivity contribution >= 4 is 11.3 Å². The number of hydrogen-bond donors (Lipinski definition) is 2. The SMILES string of the molecule is C=CCOc1c(CNCC(C)(O)c2ccsc2)c(C)nn1C. The molecule has 0 aliphatic heterocycles. The van der Waals surface area contributed by atoms with Crippen molar-refractivity contribution in [3.8, 4) is 5.88 Å².